The van der Waals surface area contributed by atoms with E-state index in [1.165, 1.54) is 0 Å². The summed E-state index contributed by atoms with van der Waals surface area (Å²) in [6.07, 6.45) is 0. The van der Waals surface area contributed by atoms with Crippen molar-refractivity contribution in [2.24, 2.45) is 10.8 Å². The van der Waals surface area contributed by atoms with Crippen LogP contribution in [0.3, 0.4) is 0 Å². The maximum atomic E-state index is 13.1. The Bertz CT molecular complexity index is 882. The molecule has 0 fully saturated rings. The number of fused-ring (bicyclic) bond motifs is 1. The van der Waals surface area contributed by atoms with Crippen LogP contribution in [0.15, 0.2) is 47.4 Å². The summed E-state index contributed by atoms with van der Waals surface area (Å²) in [7, 11) is -3.85. The Balaban J connectivity index is 2.52. The zero-order chi connectivity index (χ0) is 19.0. The molecular weight excluding hydrogens is 334 g/mol. The average Bonchev–Trinajstić information content (AvgIpc) is 2.49. The van der Waals surface area contributed by atoms with Crippen molar-refractivity contribution in [1.82, 2.24) is 4.72 Å². The summed E-state index contributed by atoms with van der Waals surface area (Å²) in [5, 5.41) is 1.49. The molecule has 0 heterocycles. The lowest BCUT2D eigenvalue weighted by Crippen LogP contribution is -2.52. The number of ketones is 1. The molecule has 0 aliphatic rings. The maximum absolute atomic E-state index is 13.1. The highest BCUT2D eigenvalue weighted by molar-refractivity contribution is 7.89. The lowest BCUT2D eigenvalue weighted by atomic mass is 9.76. The number of hydrogen-bond acceptors (Lipinski definition) is 3. The van der Waals surface area contributed by atoms with Gasteiger partial charge in [0.05, 0.1) is 10.9 Å². The van der Waals surface area contributed by atoms with Crippen LogP contribution >= 0.6 is 0 Å². The molecule has 1 atom stereocenters. The molecule has 2 aromatic rings. The molecule has 0 saturated carbocycles. The first-order valence-electron chi connectivity index (χ1n) is 8.38. The number of Topliss-reactive ketones (excluding diaryl/α,β-unsaturated/α-hetero) is 1. The fourth-order valence-electron chi connectivity index (χ4n) is 2.71. The molecule has 136 valence electrons. The third-order valence-electron chi connectivity index (χ3n) is 4.18. The Hall–Kier alpha value is -1.72. The van der Waals surface area contributed by atoms with Crippen LogP contribution in [0.4, 0.5) is 0 Å². The SMILES string of the molecule is CC(C)(C)C(=O)C(NS(=O)(=O)c1cccc2ccccc12)C(C)(C)C. The van der Waals surface area contributed by atoms with Gasteiger partial charge in [0.1, 0.15) is 0 Å². The van der Waals surface area contributed by atoms with E-state index in [2.05, 4.69) is 4.72 Å². The summed E-state index contributed by atoms with van der Waals surface area (Å²) in [6.45, 7) is 11.0. The van der Waals surface area contributed by atoms with Crippen molar-refractivity contribution >= 4 is 26.6 Å². The van der Waals surface area contributed by atoms with Gasteiger partial charge >= 0.3 is 0 Å². The highest BCUT2D eigenvalue weighted by Gasteiger charge is 2.40. The summed E-state index contributed by atoms with van der Waals surface area (Å²) in [5.74, 6) is -0.121. The van der Waals surface area contributed by atoms with E-state index in [-0.39, 0.29) is 10.7 Å². The van der Waals surface area contributed by atoms with Gasteiger partial charge < -0.3 is 0 Å². The van der Waals surface area contributed by atoms with Gasteiger partial charge in [0.15, 0.2) is 5.78 Å². The van der Waals surface area contributed by atoms with Crippen LogP contribution in [-0.2, 0) is 14.8 Å². The smallest absolute Gasteiger partial charge is 0.241 e. The summed E-state index contributed by atoms with van der Waals surface area (Å²) < 4.78 is 28.8. The van der Waals surface area contributed by atoms with Crippen molar-refractivity contribution in [3.63, 3.8) is 0 Å². The van der Waals surface area contributed by atoms with Gasteiger partial charge in [0.2, 0.25) is 10.0 Å². The molecule has 4 nitrogen and oxygen atoms in total. The zero-order valence-corrected chi connectivity index (χ0v) is 16.6. The molecule has 0 aliphatic heterocycles. The van der Waals surface area contributed by atoms with Gasteiger partial charge in [-0.05, 0) is 16.9 Å². The van der Waals surface area contributed by atoms with Crippen molar-refractivity contribution in [2.45, 2.75) is 52.5 Å². The number of sulfonamides is 1. The Morgan fingerprint density at radius 1 is 0.920 bits per heavy atom. The first-order valence-corrected chi connectivity index (χ1v) is 9.87. The van der Waals surface area contributed by atoms with Crippen LogP contribution in [-0.4, -0.2) is 20.2 Å². The van der Waals surface area contributed by atoms with Gasteiger partial charge in [-0.15, -0.1) is 0 Å². The van der Waals surface area contributed by atoms with Crippen LogP contribution < -0.4 is 4.72 Å². The Morgan fingerprint density at radius 3 is 2.04 bits per heavy atom. The van der Waals surface area contributed by atoms with Crippen LogP contribution in [0.5, 0.6) is 0 Å². The van der Waals surface area contributed by atoms with Gasteiger partial charge in [-0.2, -0.15) is 0 Å². The van der Waals surface area contributed by atoms with Gasteiger partial charge in [0.25, 0.3) is 0 Å². The minimum absolute atomic E-state index is 0.121. The second kappa shape index (κ2) is 6.54. The third-order valence-corrected chi connectivity index (χ3v) is 5.66. The maximum Gasteiger partial charge on any atom is 0.241 e. The average molecular weight is 362 g/mol. The predicted octanol–water partition coefficient (Wildman–Crippen LogP) is 4.15. The molecule has 1 unspecified atom stereocenters. The molecule has 0 spiro atoms. The number of carbonyl (C=O) groups excluding carboxylic acids is 1. The number of carbonyl (C=O) groups is 1. The Morgan fingerprint density at radius 2 is 1.48 bits per heavy atom. The molecule has 0 bridgehead atoms. The topological polar surface area (TPSA) is 63.2 Å². The van der Waals surface area contributed by atoms with E-state index < -0.39 is 26.9 Å². The molecular formula is C20H27NO3S. The molecule has 0 radical (unpaired) electrons. The first-order chi connectivity index (χ1) is 11.3. The van der Waals surface area contributed by atoms with Crippen molar-refractivity contribution in [3.05, 3.63) is 42.5 Å². The van der Waals surface area contributed by atoms with Gasteiger partial charge in [0, 0.05) is 10.8 Å². The van der Waals surface area contributed by atoms with E-state index >= 15 is 0 Å². The lowest BCUT2D eigenvalue weighted by Gasteiger charge is -2.34. The van der Waals surface area contributed by atoms with Crippen molar-refractivity contribution in [3.8, 4) is 0 Å². The first kappa shape index (κ1) is 19.6. The predicted molar refractivity (Wildman–Crippen MR) is 102 cm³/mol. The van der Waals surface area contributed by atoms with E-state index in [1.54, 1.807) is 39.0 Å². The van der Waals surface area contributed by atoms with Gasteiger partial charge in [-0.25, -0.2) is 13.1 Å². The van der Waals surface area contributed by atoms with Gasteiger partial charge in [-0.1, -0.05) is 77.9 Å². The summed E-state index contributed by atoms with van der Waals surface area (Å²) in [5.41, 5.74) is -1.18. The highest BCUT2D eigenvalue weighted by Crippen LogP contribution is 2.30. The molecule has 1 N–H and O–H groups in total. The normalized spacial score (nSPS) is 14.5. The van der Waals surface area contributed by atoms with Crippen molar-refractivity contribution in [1.29, 1.82) is 0 Å². The third kappa shape index (κ3) is 4.28. The molecule has 2 rings (SSSR count). The Kier molecular flexibility index (Phi) is 5.13. The second-order valence-corrected chi connectivity index (χ2v) is 10.2. The molecule has 0 saturated heterocycles. The van der Waals surface area contributed by atoms with Crippen molar-refractivity contribution < 1.29 is 13.2 Å². The van der Waals surface area contributed by atoms with Gasteiger partial charge in [-0.3, -0.25) is 4.79 Å². The minimum Gasteiger partial charge on any atom is -0.297 e. The number of hydrogen-bond donors (Lipinski definition) is 1. The quantitative estimate of drug-likeness (QED) is 0.890. The zero-order valence-electron chi connectivity index (χ0n) is 15.8. The lowest BCUT2D eigenvalue weighted by molar-refractivity contribution is -0.130. The molecule has 5 heteroatoms. The summed E-state index contributed by atoms with van der Waals surface area (Å²) >= 11 is 0. The largest absolute Gasteiger partial charge is 0.297 e. The van der Waals surface area contributed by atoms with E-state index in [1.807, 2.05) is 45.0 Å². The number of benzene rings is 2. The molecule has 2 aromatic carbocycles. The molecule has 0 aliphatic carbocycles. The molecule has 25 heavy (non-hydrogen) atoms. The number of nitrogens with one attached hydrogen (secondary N) is 1. The van der Waals surface area contributed by atoms with Crippen LogP contribution in [0.25, 0.3) is 10.8 Å². The minimum atomic E-state index is -3.85. The molecule has 0 amide bonds. The van der Waals surface area contributed by atoms with Crippen LogP contribution in [0, 0.1) is 10.8 Å². The van der Waals surface area contributed by atoms with E-state index in [9.17, 15) is 13.2 Å². The van der Waals surface area contributed by atoms with E-state index in [0.717, 1.165) is 5.39 Å². The molecule has 0 aromatic heterocycles. The number of rotatable bonds is 4. The summed E-state index contributed by atoms with van der Waals surface area (Å²) in [6, 6.07) is 11.7. The summed E-state index contributed by atoms with van der Waals surface area (Å²) in [4.78, 5) is 13.1. The standard InChI is InChI=1S/C20H27NO3S/c1-19(2,3)17(18(22)20(4,5)6)21-25(23,24)16-13-9-11-14-10-7-8-12-15(14)16/h7-13,17,21H,1-6H3. The van der Waals surface area contributed by atoms with Crippen molar-refractivity contribution in [2.75, 3.05) is 0 Å². The fourth-order valence-corrected chi connectivity index (χ4v) is 4.34. The highest BCUT2D eigenvalue weighted by atomic mass is 32.2. The Labute approximate surface area is 150 Å². The van der Waals surface area contributed by atoms with E-state index in [0.29, 0.717) is 5.39 Å². The monoisotopic (exact) mass is 361 g/mol. The van der Waals surface area contributed by atoms with E-state index in [4.69, 9.17) is 0 Å². The fraction of sp³-hybridized carbons (Fsp3) is 0.450. The second-order valence-electron chi connectivity index (χ2n) is 8.51. The van der Waals surface area contributed by atoms with Crippen LogP contribution in [0.2, 0.25) is 0 Å². The van der Waals surface area contributed by atoms with Crippen LogP contribution in [0.1, 0.15) is 41.5 Å².